The fourth-order valence-corrected chi connectivity index (χ4v) is 2.40. The normalized spacial score (nSPS) is 12.6. The van der Waals surface area contributed by atoms with Crippen molar-refractivity contribution in [3.63, 3.8) is 0 Å². The summed E-state index contributed by atoms with van der Waals surface area (Å²) in [4.78, 5) is 11.7. The molecule has 0 spiro atoms. The molecule has 1 unspecified atom stereocenters. The first-order valence-corrected chi connectivity index (χ1v) is 6.84. The Morgan fingerprint density at radius 3 is 2.79 bits per heavy atom. The van der Waals surface area contributed by atoms with Gasteiger partial charge in [0.2, 0.25) is 0 Å². The summed E-state index contributed by atoms with van der Waals surface area (Å²) in [5, 5.41) is 0.939. The number of alkyl halides is 1. The molecule has 0 aliphatic heterocycles. The number of carbonyl (C=O) groups is 1. The molecule has 1 atom stereocenters. The van der Waals surface area contributed by atoms with Crippen molar-refractivity contribution < 1.29 is 9.53 Å². The van der Waals surface area contributed by atoms with Crippen molar-refractivity contribution >= 4 is 28.3 Å². The molecule has 3 nitrogen and oxygen atoms in total. The van der Waals surface area contributed by atoms with Crippen LogP contribution in [-0.4, -0.2) is 23.3 Å². The van der Waals surface area contributed by atoms with E-state index in [0.29, 0.717) is 11.8 Å². The fraction of sp³-hybridized carbons (Fsp3) is 0.400. The molecule has 0 radical (unpaired) electrons. The zero-order valence-electron chi connectivity index (χ0n) is 11.4. The van der Waals surface area contributed by atoms with E-state index < -0.39 is 0 Å². The van der Waals surface area contributed by atoms with E-state index in [4.69, 9.17) is 16.3 Å². The van der Waals surface area contributed by atoms with Crippen LogP contribution in [0.5, 0.6) is 5.75 Å². The smallest absolute Gasteiger partial charge is 0.161 e. The summed E-state index contributed by atoms with van der Waals surface area (Å²) in [6.45, 7) is 4.44. The van der Waals surface area contributed by atoms with Gasteiger partial charge in [-0.3, -0.25) is 4.79 Å². The summed E-state index contributed by atoms with van der Waals surface area (Å²) in [6, 6.07) is 5.77. The van der Waals surface area contributed by atoms with Crippen LogP contribution in [0.3, 0.4) is 0 Å². The zero-order chi connectivity index (χ0) is 14.0. The van der Waals surface area contributed by atoms with Crippen molar-refractivity contribution in [1.29, 1.82) is 0 Å². The third-order valence-corrected chi connectivity index (χ3v) is 3.76. The number of Topliss-reactive ketones (excluding diaryl/α,β-unsaturated/α-hetero) is 1. The van der Waals surface area contributed by atoms with E-state index in [1.807, 2.05) is 24.4 Å². The molecule has 4 heteroatoms. The topological polar surface area (TPSA) is 31.2 Å². The molecule has 0 aliphatic carbocycles. The van der Waals surface area contributed by atoms with Gasteiger partial charge < -0.3 is 9.30 Å². The van der Waals surface area contributed by atoms with Crippen molar-refractivity contribution in [3.05, 3.63) is 30.0 Å². The largest absolute Gasteiger partial charge is 0.495 e. The standard InChI is InChI=1S/C15H18ClNO2/c1-10(7-16)8-17-9-13(11(2)18)12-5-4-6-14(19-3)15(12)17/h4-6,9-10H,7-8H2,1-3H3. The van der Waals surface area contributed by atoms with Crippen LogP contribution in [0.1, 0.15) is 24.2 Å². The molecule has 102 valence electrons. The lowest BCUT2D eigenvalue weighted by molar-refractivity contribution is 0.101. The molecule has 0 saturated heterocycles. The Hall–Kier alpha value is -1.48. The second-order valence-corrected chi connectivity index (χ2v) is 5.18. The Bertz CT molecular complexity index is 603. The molecule has 19 heavy (non-hydrogen) atoms. The number of ether oxygens (including phenoxy) is 1. The number of hydrogen-bond acceptors (Lipinski definition) is 2. The van der Waals surface area contributed by atoms with Crippen LogP contribution in [-0.2, 0) is 6.54 Å². The van der Waals surface area contributed by atoms with Gasteiger partial charge in [-0.1, -0.05) is 19.1 Å². The average Bonchev–Trinajstić information content (AvgIpc) is 2.77. The van der Waals surface area contributed by atoms with Gasteiger partial charge in [0, 0.05) is 29.6 Å². The van der Waals surface area contributed by atoms with Crippen LogP contribution >= 0.6 is 11.6 Å². The van der Waals surface area contributed by atoms with Gasteiger partial charge in [-0.15, -0.1) is 11.6 Å². The number of hydrogen-bond donors (Lipinski definition) is 0. The van der Waals surface area contributed by atoms with Crippen LogP contribution in [0.2, 0.25) is 0 Å². The monoisotopic (exact) mass is 279 g/mol. The summed E-state index contributed by atoms with van der Waals surface area (Å²) in [5.74, 6) is 1.77. The van der Waals surface area contributed by atoms with Gasteiger partial charge in [-0.2, -0.15) is 0 Å². The molecule has 0 bridgehead atoms. The van der Waals surface area contributed by atoms with Crippen molar-refractivity contribution in [1.82, 2.24) is 4.57 Å². The maximum atomic E-state index is 11.7. The number of methoxy groups -OCH3 is 1. The van der Waals surface area contributed by atoms with E-state index >= 15 is 0 Å². The third-order valence-electron chi connectivity index (χ3n) is 3.23. The minimum Gasteiger partial charge on any atom is -0.495 e. The highest BCUT2D eigenvalue weighted by molar-refractivity contribution is 6.18. The number of ketones is 1. The number of benzene rings is 1. The number of halogens is 1. The highest BCUT2D eigenvalue weighted by atomic mass is 35.5. The molecule has 0 N–H and O–H groups in total. The first-order chi connectivity index (χ1) is 9.08. The molecule has 0 aliphatic rings. The lowest BCUT2D eigenvalue weighted by atomic mass is 10.1. The molecule has 1 aromatic heterocycles. The number of rotatable bonds is 5. The number of nitrogens with zero attached hydrogens (tertiary/aromatic N) is 1. The molecule has 1 aromatic carbocycles. The van der Waals surface area contributed by atoms with E-state index in [2.05, 4.69) is 11.5 Å². The van der Waals surface area contributed by atoms with Gasteiger partial charge in [0.1, 0.15) is 5.75 Å². The van der Waals surface area contributed by atoms with Crippen molar-refractivity contribution in [2.45, 2.75) is 20.4 Å². The third kappa shape index (κ3) is 2.61. The average molecular weight is 280 g/mol. The van der Waals surface area contributed by atoms with Gasteiger partial charge >= 0.3 is 0 Å². The summed E-state index contributed by atoms with van der Waals surface area (Å²) >= 11 is 5.88. The van der Waals surface area contributed by atoms with Crippen LogP contribution < -0.4 is 4.74 Å². The highest BCUT2D eigenvalue weighted by Crippen LogP contribution is 2.30. The van der Waals surface area contributed by atoms with Crippen LogP contribution in [0.15, 0.2) is 24.4 Å². The minimum absolute atomic E-state index is 0.0653. The van der Waals surface area contributed by atoms with Crippen molar-refractivity contribution in [2.75, 3.05) is 13.0 Å². The number of fused-ring (bicyclic) bond motifs is 1. The Balaban J connectivity index is 2.65. The molecule has 2 aromatic rings. The number of aromatic nitrogens is 1. The Morgan fingerprint density at radius 1 is 1.47 bits per heavy atom. The lowest BCUT2D eigenvalue weighted by Crippen LogP contribution is -2.08. The second-order valence-electron chi connectivity index (χ2n) is 4.87. The Labute approximate surface area is 118 Å². The lowest BCUT2D eigenvalue weighted by Gasteiger charge is -2.12. The van der Waals surface area contributed by atoms with Gasteiger partial charge in [-0.25, -0.2) is 0 Å². The predicted octanol–water partition coefficient (Wildman–Crippen LogP) is 3.73. The maximum absolute atomic E-state index is 11.7. The molecule has 2 rings (SSSR count). The predicted molar refractivity (Wildman–Crippen MR) is 78.4 cm³/mol. The summed E-state index contributed by atoms with van der Waals surface area (Å²) in [7, 11) is 1.64. The zero-order valence-corrected chi connectivity index (χ0v) is 12.2. The van der Waals surface area contributed by atoms with Crippen LogP contribution in [0.4, 0.5) is 0 Å². The SMILES string of the molecule is COc1cccc2c(C(C)=O)cn(CC(C)CCl)c12. The summed E-state index contributed by atoms with van der Waals surface area (Å²) < 4.78 is 7.48. The quantitative estimate of drug-likeness (QED) is 0.617. The first-order valence-electron chi connectivity index (χ1n) is 6.31. The van der Waals surface area contributed by atoms with Crippen LogP contribution in [0.25, 0.3) is 10.9 Å². The number of para-hydroxylation sites is 1. The van der Waals surface area contributed by atoms with Gasteiger partial charge in [-0.05, 0) is 18.9 Å². The molecular formula is C15H18ClNO2. The number of carbonyl (C=O) groups excluding carboxylic acids is 1. The summed E-state index contributed by atoms with van der Waals surface area (Å²) in [5.41, 5.74) is 1.70. The Kier molecular flexibility index (Phi) is 4.15. The highest BCUT2D eigenvalue weighted by Gasteiger charge is 2.16. The van der Waals surface area contributed by atoms with Gasteiger partial charge in [0.15, 0.2) is 5.78 Å². The fourth-order valence-electron chi connectivity index (χ4n) is 2.30. The molecular weight excluding hydrogens is 262 g/mol. The molecule has 0 amide bonds. The first kappa shape index (κ1) is 13.9. The van der Waals surface area contributed by atoms with E-state index in [1.54, 1.807) is 14.0 Å². The molecule has 1 heterocycles. The van der Waals surface area contributed by atoms with E-state index in [1.165, 1.54) is 0 Å². The molecule has 0 fully saturated rings. The Morgan fingerprint density at radius 2 is 2.21 bits per heavy atom. The van der Waals surface area contributed by atoms with Crippen molar-refractivity contribution in [3.8, 4) is 5.75 Å². The van der Waals surface area contributed by atoms with Crippen LogP contribution in [0, 0.1) is 5.92 Å². The minimum atomic E-state index is 0.0653. The van der Waals surface area contributed by atoms with E-state index in [0.717, 1.165) is 28.8 Å². The van der Waals surface area contributed by atoms with E-state index in [-0.39, 0.29) is 5.78 Å². The van der Waals surface area contributed by atoms with E-state index in [9.17, 15) is 4.79 Å². The molecule has 0 saturated carbocycles. The van der Waals surface area contributed by atoms with Crippen molar-refractivity contribution in [2.24, 2.45) is 5.92 Å². The second kappa shape index (κ2) is 5.66. The van der Waals surface area contributed by atoms with Gasteiger partial charge in [0.05, 0.1) is 12.6 Å². The van der Waals surface area contributed by atoms with Gasteiger partial charge in [0.25, 0.3) is 0 Å². The maximum Gasteiger partial charge on any atom is 0.161 e. The summed E-state index contributed by atoms with van der Waals surface area (Å²) in [6.07, 6.45) is 1.90.